The van der Waals surface area contributed by atoms with Gasteiger partial charge in [-0.2, -0.15) is 0 Å². The standard InChI is InChI=1S/C15H28N2O2/c1-2-3-12-4-6-14(7-5-12)16-15(19)17-9-8-13(10-17)11-18/h12-14,18H,2-11H2,1H3,(H,16,19). The summed E-state index contributed by atoms with van der Waals surface area (Å²) in [6.07, 6.45) is 8.34. The number of urea groups is 1. The highest BCUT2D eigenvalue weighted by Crippen LogP contribution is 2.28. The van der Waals surface area contributed by atoms with Crippen molar-refractivity contribution >= 4 is 6.03 Å². The van der Waals surface area contributed by atoms with Crippen LogP contribution in [0, 0.1) is 11.8 Å². The maximum absolute atomic E-state index is 12.1. The van der Waals surface area contributed by atoms with E-state index in [2.05, 4.69) is 12.2 Å². The van der Waals surface area contributed by atoms with Gasteiger partial charge in [-0.25, -0.2) is 4.79 Å². The van der Waals surface area contributed by atoms with Crippen LogP contribution >= 0.6 is 0 Å². The number of hydrogen-bond acceptors (Lipinski definition) is 2. The molecule has 1 atom stereocenters. The lowest BCUT2D eigenvalue weighted by Gasteiger charge is -2.30. The third-order valence-corrected chi connectivity index (χ3v) is 4.70. The van der Waals surface area contributed by atoms with Crippen molar-refractivity contribution in [2.75, 3.05) is 19.7 Å². The van der Waals surface area contributed by atoms with Crippen molar-refractivity contribution < 1.29 is 9.90 Å². The number of nitrogens with one attached hydrogen (secondary N) is 1. The first-order valence-corrected chi connectivity index (χ1v) is 7.89. The van der Waals surface area contributed by atoms with Crippen molar-refractivity contribution in [3.8, 4) is 0 Å². The first-order valence-electron chi connectivity index (χ1n) is 7.89. The molecule has 1 saturated heterocycles. The van der Waals surface area contributed by atoms with Crippen molar-refractivity contribution in [2.45, 2.75) is 57.9 Å². The smallest absolute Gasteiger partial charge is 0.317 e. The Morgan fingerprint density at radius 1 is 1.21 bits per heavy atom. The summed E-state index contributed by atoms with van der Waals surface area (Å²) >= 11 is 0. The van der Waals surface area contributed by atoms with Crippen LogP contribution in [0.5, 0.6) is 0 Å². The molecule has 1 aliphatic heterocycles. The number of carbonyl (C=O) groups is 1. The molecule has 0 aromatic rings. The molecule has 0 aromatic heterocycles. The van der Waals surface area contributed by atoms with Crippen LogP contribution in [0.25, 0.3) is 0 Å². The topological polar surface area (TPSA) is 52.6 Å². The monoisotopic (exact) mass is 268 g/mol. The summed E-state index contributed by atoms with van der Waals surface area (Å²) in [6.45, 7) is 3.96. The van der Waals surface area contributed by atoms with Crippen molar-refractivity contribution in [3.63, 3.8) is 0 Å². The van der Waals surface area contributed by atoms with E-state index in [1.165, 1.54) is 25.7 Å². The van der Waals surface area contributed by atoms with E-state index in [4.69, 9.17) is 5.11 Å². The largest absolute Gasteiger partial charge is 0.396 e. The predicted molar refractivity (Wildman–Crippen MR) is 76.0 cm³/mol. The second kappa shape index (κ2) is 7.13. The summed E-state index contributed by atoms with van der Waals surface area (Å²) in [7, 11) is 0. The molecule has 4 heteroatoms. The van der Waals surface area contributed by atoms with Crippen LogP contribution in [-0.2, 0) is 0 Å². The van der Waals surface area contributed by atoms with E-state index >= 15 is 0 Å². The molecule has 1 aliphatic carbocycles. The molecular formula is C15H28N2O2. The molecule has 2 amide bonds. The van der Waals surface area contributed by atoms with Crippen LogP contribution in [0.2, 0.25) is 0 Å². The Morgan fingerprint density at radius 2 is 1.95 bits per heavy atom. The molecular weight excluding hydrogens is 240 g/mol. The summed E-state index contributed by atoms with van der Waals surface area (Å²) in [5.41, 5.74) is 0. The molecule has 1 unspecified atom stereocenters. The summed E-state index contributed by atoms with van der Waals surface area (Å²) in [5, 5.41) is 12.3. The average Bonchev–Trinajstić information content (AvgIpc) is 2.90. The van der Waals surface area contributed by atoms with Gasteiger partial charge in [0.2, 0.25) is 0 Å². The van der Waals surface area contributed by atoms with E-state index in [0.29, 0.717) is 12.6 Å². The minimum absolute atomic E-state index is 0.0786. The number of nitrogens with zero attached hydrogens (tertiary/aromatic N) is 1. The molecule has 0 aromatic carbocycles. The highest BCUT2D eigenvalue weighted by molar-refractivity contribution is 5.74. The molecule has 1 saturated carbocycles. The molecule has 110 valence electrons. The summed E-state index contributed by atoms with van der Waals surface area (Å²) in [5.74, 6) is 1.16. The fourth-order valence-electron chi connectivity index (χ4n) is 3.44. The Labute approximate surface area is 116 Å². The first-order chi connectivity index (χ1) is 9.22. The summed E-state index contributed by atoms with van der Waals surface area (Å²) < 4.78 is 0. The van der Waals surface area contributed by atoms with E-state index < -0.39 is 0 Å². The Bertz CT molecular complexity index is 288. The molecule has 2 aliphatic rings. The quantitative estimate of drug-likeness (QED) is 0.822. The number of amides is 2. The normalized spacial score (nSPS) is 31.5. The molecule has 1 heterocycles. The van der Waals surface area contributed by atoms with Gasteiger partial charge in [-0.1, -0.05) is 19.8 Å². The zero-order valence-corrected chi connectivity index (χ0v) is 12.1. The zero-order valence-electron chi connectivity index (χ0n) is 12.1. The Kier molecular flexibility index (Phi) is 5.49. The van der Waals surface area contributed by atoms with Gasteiger partial charge in [0.05, 0.1) is 0 Å². The minimum Gasteiger partial charge on any atom is -0.396 e. The van der Waals surface area contributed by atoms with Crippen LogP contribution in [0.3, 0.4) is 0 Å². The van der Waals surface area contributed by atoms with E-state index in [9.17, 15) is 4.79 Å². The highest BCUT2D eigenvalue weighted by atomic mass is 16.3. The minimum atomic E-state index is 0.0786. The first kappa shape index (κ1) is 14.6. The fourth-order valence-corrected chi connectivity index (χ4v) is 3.44. The van der Waals surface area contributed by atoms with Crippen LogP contribution in [0.4, 0.5) is 4.79 Å². The third-order valence-electron chi connectivity index (χ3n) is 4.70. The van der Waals surface area contributed by atoms with Crippen LogP contribution in [-0.4, -0.2) is 41.8 Å². The molecule has 0 radical (unpaired) electrons. The van der Waals surface area contributed by atoms with Gasteiger partial charge in [0.15, 0.2) is 0 Å². The molecule has 2 rings (SSSR count). The number of carbonyl (C=O) groups excluding carboxylic acids is 1. The molecule has 19 heavy (non-hydrogen) atoms. The number of rotatable bonds is 4. The Balaban J connectivity index is 1.69. The second-order valence-electron chi connectivity index (χ2n) is 6.24. The van der Waals surface area contributed by atoms with E-state index in [-0.39, 0.29) is 18.6 Å². The van der Waals surface area contributed by atoms with Crippen molar-refractivity contribution in [3.05, 3.63) is 0 Å². The zero-order chi connectivity index (χ0) is 13.7. The number of hydrogen-bond donors (Lipinski definition) is 2. The van der Waals surface area contributed by atoms with Crippen LogP contribution < -0.4 is 5.32 Å². The average molecular weight is 268 g/mol. The van der Waals surface area contributed by atoms with Gasteiger partial charge in [0.1, 0.15) is 0 Å². The molecule has 2 N–H and O–H groups in total. The Morgan fingerprint density at radius 3 is 2.53 bits per heavy atom. The van der Waals surface area contributed by atoms with Crippen molar-refractivity contribution in [1.29, 1.82) is 0 Å². The Hall–Kier alpha value is -0.770. The maximum atomic E-state index is 12.1. The van der Waals surface area contributed by atoms with E-state index in [0.717, 1.165) is 31.7 Å². The summed E-state index contributed by atoms with van der Waals surface area (Å²) in [4.78, 5) is 14.0. The lowest BCUT2D eigenvalue weighted by atomic mass is 9.83. The molecule has 4 nitrogen and oxygen atoms in total. The molecule has 0 bridgehead atoms. The number of aliphatic hydroxyl groups is 1. The second-order valence-corrected chi connectivity index (χ2v) is 6.24. The van der Waals surface area contributed by atoms with Gasteiger partial charge in [-0.3, -0.25) is 0 Å². The number of aliphatic hydroxyl groups excluding tert-OH is 1. The third kappa shape index (κ3) is 4.10. The predicted octanol–water partition coefficient (Wildman–Crippen LogP) is 2.37. The van der Waals surface area contributed by atoms with E-state index in [1.54, 1.807) is 0 Å². The summed E-state index contributed by atoms with van der Waals surface area (Å²) in [6, 6.07) is 0.448. The van der Waals surface area contributed by atoms with Gasteiger partial charge in [-0.05, 0) is 38.0 Å². The maximum Gasteiger partial charge on any atom is 0.317 e. The SMILES string of the molecule is CCCC1CCC(NC(=O)N2CCC(CO)C2)CC1. The van der Waals surface area contributed by atoms with Gasteiger partial charge in [0.25, 0.3) is 0 Å². The molecule has 0 spiro atoms. The van der Waals surface area contributed by atoms with Crippen molar-refractivity contribution in [2.24, 2.45) is 11.8 Å². The lowest BCUT2D eigenvalue weighted by Crippen LogP contribution is -2.45. The van der Waals surface area contributed by atoms with Crippen molar-refractivity contribution in [1.82, 2.24) is 10.2 Å². The van der Waals surface area contributed by atoms with Crippen LogP contribution in [0.15, 0.2) is 0 Å². The fraction of sp³-hybridized carbons (Fsp3) is 0.933. The molecule has 2 fully saturated rings. The lowest BCUT2D eigenvalue weighted by molar-refractivity contribution is 0.188. The number of likely N-dealkylation sites (tertiary alicyclic amines) is 1. The van der Waals surface area contributed by atoms with E-state index in [1.807, 2.05) is 4.90 Å². The highest BCUT2D eigenvalue weighted by Gasteiger charge is 2.28. The van der Waals surface area contributed by atoms with Gasteiger partial charge < -0.3 is 15.3 Å². The van der Waals surface area contributed by atoms with Gasteiger partial charge >= 0.3 is 6.03 Å². The van der Waals surface area contributed by atoms with Gasteiger partial charge in [0, 0.05) is 31.7 Å². The van der Waals surface area contributed by atoms with Crippen LogP contribution in [0.1, 0.15) is 51.9 Å². The van der Waals surface area contributed by atoms with Gasteiger partial charge in [-0.15, -0.1) is 0 Å².